The van der Waals surface area contributed by atoms with Crippen LogP contribution in [-0.2, 0) is 0 Å². The van der Waals surface area contributed by atoms with Gasteiger partial charge in [0.25, 0.3) is 5.24 Å². The van der Waals surface area contributed by atoms with E-state index in [1.54, 1.807) is 6.26 Å². The van der Waals surface area contributed by atoms with Crippen LogP contribution in [0.5, 0.6) is 0 Å². The molecule has 0 radical (unpaired) electrons. The second-order valence-electron chi connectivity index (χ2n) is 2.43. The zero-order valence-corrected chi connectivity index (χ0v) is 7.94. The molecule has 12 heavy (non-hydrogen) atoms. The van der Waals surface area contributed by atoms with Crippen LogP contribution in [-0.4, -0.2) is 11.5 Å². The van der Waals surface area contributed by atoms with Gasteiger partial charge < -0.3 is 5.32 Å². The Morgan fingerprint density at radius 2 is 2.08 bits per heavy atom. The number of benzene rings is 1. The maximum Gasteiger partial charge on any atom is 0.283 e. The van der Waals surface area contributed by atoms with Crippen molar-refractivity contribution in [1.29, 1.82) is 0 Å². The number of amides is 1. The molecule has 1 amide bonds. The lowest BCUT2D eigenvalue weighted by Crippen LogP contribution is -2.04. The van der Waals surface area contributed by atoms with Gasteiger partial charge in [-0.3, -0.25) is 4.79 Å². The maximum atomic E-state index is 11.0. The van der Waals surface area contributed by atoms with Crippen LogP contribution in [0.1, 0.15) is 5.56 Å². The topological polar surface area (TPSA) is 29.1 Å². The molecule has 0 fully saturated rings. The number of carbonyl (C=O) groups is 1. The summed E-state index contributed by atoms with van der Waals surface area (Å²) in [5.74, 6) is 0. The van der Waals surface area contributed by atoms with Gasteiger partial charge >= 0.3 is 0 Å². The summed E-state index contributed by atoms with van der Waals surface area (Å²) >= 11 is 1.18. The van der Waals surface area contributed by atoms with Gasteiger partial charge in [-0.1, -0.05) is 30.0 Å². The number of nitrogens with one attached hydrogen (secondary N) is 1. The fourth-order valence-corrected chi connectivity index (χ4v) is 1.09. The third-order valence-electron chi connectivity index (χ3n) is 1.57. The van der Waals surface area contributed by atoms with Gasteiger partial charge in [0.2, 0.25) is 0 Å². The molecular weight excluding hydrogens is 170 g/mol. The molecule has 1 N–H and O–H groups in total. The predicted molar refractivity (Wildman–Crippen MR) is 53.7 cm³/mol. The molecule has 0 saturated heterocycles. The Kier molecular flexibility index (Phi) is 3.17. The molecule has 0 spiro atoms. The average Bonchev–Trinajstić information content (AvgIpc) is 2.09. The zero-order chi connectivity index (χ0) is 8.97. The first-order valence-corrected chi connectivity index (χ1v) is 4.87. The summed E-state index contributed by atoms with van der Waals surface area (Å²) in [5.41, 5.74) is 1.97. The van der Waals surface area contributed by atoms with Crippen molar-refractivity contribution in [2.45, 2.75) is 6.92 Å². The van der Waals surface area contributed by atoms with Crippen molar-refractivity contribution < 1.29 is 4.79 Å². The fourth-order valence-electron chi connectivity index (χ4n) is 0.874. The highest BCUT2D eigenvalue weighted by Crippen LogP contribution is 2.14. The van der Waals surface area contributed by atoms with E-state index in [-0.39, 0.29) is 5.24 Å². The average molecular weight is 181 g/mol. The quantitative estimate of drug-likeness (QED) is 0.721. The minimum atomic E-state index is -0.0238. The normalized spacial score (nSPS) is 9.50. The number of anilines is 1. The molecule has 0 aliphatic heterocycles. The lowest BCUT2D eigenvalue weighted by atomic mass is 10.2. The Morgan fingerprint density at radius 3 is 2.67 bits per heavy atom. The molecule has 1 aromatic carbocycles. The maximum absolute atomic E-state index is 11.0. The molecule has 0 aromatic heterocycles. The Hall–Kier alpha value is -0.960. The Balaban J connectivity index is 2.75. The van der Waals surface area contributed by atoms with E-state index in [4.69, 9.17) is 0 Å². The summed E-state index contributed by atoms with van der Waals surface area (Å²) in [6.07, 6.45) is 1.76. The highest BCUT2D eigenvalue weighted by Gasteiger charge is 2.00. The van der Waals surface area contributed by atoms with Gasteiger partial charge in [-0.2, -0.15) is 0 Å². The summed E-state index contributed by atoms with van der Waals surface area (Å²) in [5, 5.41) is 2.76. The molecule has 0 saturated carbocycles. The van der Waals surface area contributed by atoms with E-state index >= 15 is 0 Å². The van der Waals surface area contributed by atoms with Gasteiger partial charge in [-0.15, -0.1) is 0 Å². The van der Waals surface area contributed by atoms with E-state index in [0.29, 0.717) is 0 Å². The van der Waals surface area contributed by atoms with Crippen molar-refractivity contribution >= 4 is 22.7 Å². The van der Waals surface area contributed by atoms with Crippen molar-refractivity contribution in [3.63, 3.8) is 0 Å². The molecule has 0 aliphatic rings. The summed E-state index contributed by atoms with van der Waals surface area (Å²) < 4.78 is 0. The Labute approximate surface area is 76.4 Å². The number of hydrogen-bond donors (Lipinski definition) is 1. The van der Waals surface area contributed by atoms with Crippen LogP contribution in [0.2, 0.25) is 0 Å². The second kappa shape index (κ2) is 4.16. The molecular formula is C9H11NOS. The molecule has 0 unspecified atom stereocenters. The highest BCUT2D eigenvalue weighted by atomic mass is 32.2. The largest absolute Gasteiger partial charge is 0.317 e. The van der Waals surface area contributed by atoms with E-state index in [0.717, 1.165) is 11.3 Å². The third kappa shape index (κ3) is 2.27. The van der Waals surface area contributed by atoms with Gasteiger partial charge in [0.1, 0.15) is 0 Å². The van der Waals surface area contributed by atoms with Crippen molar-refractivity contribution in [3.05, 3.63) is 29.8 Å². The molecule has 2 nitrogen and oxygen atoms in total. The standard InChI is InChI=1S/C9H11NOS/c1-7-5-3-4-6-8(7)10-9(11)12-2/h3-6H,1-2H3,(H,10,11). The third-order valence-corrected chi connectivity index (χ3v) is 2.04. The van der Waals surface area contributed by atoms with E-state index in [1.165, 1.54) is 11.8 Å². The number of thioether (sulfide) groups is 1. The molecule has 0 bridgehead atoms. The molecule has 1 rings (SSSR count). The summed E-state index contributed by atoms with van der Waals surface area (Å²) in [6, 6.07) is 7.71. The number of rotatable bonds is 1. The number of hydrogen-bond acceptors (Lipinski definition) is 2. The van der Waals surface area contributed by atoms with Gasteiger partial charge in [-0.25, -0.2) is 0 Å². The van der Waals surface area contributed by atoms with E-state index < -0.39 is 0 Å². The second-order valence-corrected chi connectivity index (χ2v) is 3.21. The summed E-state index contributed by atoms with van der Waals surface area (Å²) in [4.78, 5) is 11.0. The first-order valence-electron chi connectivity index (χ1n) is 3.64. The number of carbonyl (C=O) groups excluding carboxylic acids is 1. The van der Waals surface area contributed by atoms with E-state index in [1.807, 2.05) is 31.2 Å². The van der Waals surface area contributed by atoms with Crippen LogP contribution < -0.4 is 5.32 Å². The molecule has 64 valence electrons. The summed E-state index contributed by atoms with van der Waals surface area (Å²) in [6.45, 7) is 1.97. The smallest absolute Gasteiger partial charge is 0.283 e. The molecule has 0 aliphatic carbocycles. The first kappa shape index (κ1) is 9.13. The highest BCUT2D eigenvalue weighted by molar-refractivity contribution is 8.13. The minimum Gasteiger partial charge on any atom is -0.317 e. The molecule has 0 heterocycles. The number of para-hydroxylation sites is 1. The van der Waals surface area contributed by atoms with Crippen LogP contribution >= 0.6 is 11.8 Å². The van der Waals surface area contributed by atoms with Crippen LogP contribution in [0.3, 0.4) is 0 Å². The Morgan fingerprint density at radius 1 is 1.42 bits per heavy atom. The van der Waals surface area contributed by atoms with Gasteiger partial charge in [0.15, 0.2) is 0 Å². The molecule has 1 aromatic rings. The number of aryl methyl sites for hydroxylation is 1. The lowest BCUT2D eigenvalue weighted by molar-refractivity contribution is 0.270. The van der Waals surface area contributed by atoms with Crippen molar-refractivity contribution in [2.75, 3.05) is 11.6 Å². The van der Waals surface area contributed by atoms with Crippen LogP contribution in [0.25, 0.3) is 0 Å². The zero-order valence-electron chi connectivity index (χ0n) is 7.13. The van der Waals surface area contributed by atoms with E-state index in [2.05, 4.69) is 5.32 Å². The molecule has 0 atom stereocenters. The van der Waals surface area contributed by atoms with Crippen LogP contribution in [0.15, 0.2) is 24.3 Å². The van der Waals surface area contributed by atoms with Crippen molar-refractivity contribution in [1.82, 2.24) is 0 Å². The van der Waals surface area contributed by atoms with Gasteiger partial charge in [0, 0.05) is 5.69 Å². The van der Waals surface area contributed by atoms with Crippen LogP contribution in [0.4, 0.5) is 10.5 Å². The summed E-state index contributed by atoms with van der Waals surface area (Å²) in [7, 11) is 0. The van der Waals surface area contributed by atoms with E-state index in [9.17, 15) is 4.79 Å². The predicted octanol–water partition coefficient (Wildman–Crippen LogP) is 2.89. The monoisotopic (exact) mass is 181 g/mol. The van der Waals surface area contributed by atoms with Gasteiger partial charge in [0.05, 0.1) is 0 Å². The van der Waals surface area contributed by atoms with Crippen molar-refractivity contribution in [2.24, 2.45) is 0 Å². The fraction of sp³-hybridized carbons (Fsp3) is 0.222. The Bertz CT molecular complexity index is 286. The SMILES string of the molecule is CSC(=O)Nc1ccccc1C. The van der Waals surface area contributed by atoms with Gasteiger partial charge in [-0.05, 0) is 24.8 Å². The van der Waals surface area contributed by atoms with Crippen molar-refractivity contribution in [3.8, 4) is 0 Å². The van der Waals surface area contributed by atoms with Crippen LogP contribution in [0, 0.1) is 6.92 Å². The lowest BCUT2D eigenvalue weighted by Gasteiger charge is -2.05. The minimum absolute atomic E-state index is 0.0238. The first-order chi connectivity index (χ1) is 5.74. The molecule has 3 heteroatoms.